The minimum Gasteiger partial charge on any atom is -0.381 e. The Labute approximate surface area is 149 Å². The summed E-state index contributed by atoms with van der Waals surface area (Å²) in [7, 11) is 0. The first-order valence-corrected chi connectivity index (χ1v) is 9.12. The average Bonchev–Trinajstić information content (AvgIpc) is 3.21. The molecule has 2 aliphatic heterocycles. The number of H-pyrrole nitrogens is 2. The zero-order valence-electron chi connectivity index (χ0n) is 14.6. The second-order valence-electron chi connectivity index (χ2n) is 6.75. The molecule has 140 valence electrons. The van der Waals surface area contributed by atoms with Gasteiger partial charge in [0, 0.05) is 51.5 Å². The van der Waals surface area contributed by atoms with Gasteiger partial charge in [0.1, 0.15) is 11.6 Å². The number of aromatic nitrogens is 6. The maximum Gasteiger partial charge on any atom is 0.340 e. The fourth-order valence-electron chi connectivity index (χ4n) is 3.51. The maximum atomic E-state index is 12.5. The van der Waals surface area contributed by atoms with E-state index in [2.05, 4.69) is 20.3 Å². The SMILES string of the molecule is O=C(CCc1n[nH]c(=O)[nH]1)N1CCc2nc(C3CCOCC3)nn2CC1. The number of hydrogen-bond donors (Lipinski definition) is 2. The van der Waals surface area contributed by atoms with E-state index in [9.17, 15) is 9.59 Å². The van der Waals surface area contributed by atoms with Gasteiger partial charge < -0.3 is 9.64 Å². The van der Waals surface area contributed by atoms with Gasteiger partial charge in [-0.05, 0) is 12.8 Å². The molecule has 0 spiro atoms. The highest BCUT2D eigenvalue weighted by molar-refractivity contribution is 5.76. The normalized spacial score (nSPS) is 18.5. The molecule has 2 aromatic heterocycles. The van der Waals surface area contributed by atoms with Crippen LogP contribution in [0.5, 0.6) is 0 Å². The molecule has 0 aromatic carbocycles. The van der Waals surface area contributed by atoms with Crippen molar-refractivity contribution in [2.75, 3.05) is 26.3 Å². The molecule has 1 amide bonds. The first-order valence-electron chi connectivity index (χ1n) is 9.12. The summed E-state index contributed by atoms with van der Waals surface area (Å²) >= 11 is 0. The van der Waals surface area contributed by atoms with E-state index in [0.29, 0.717) is 50.6 Å². The van der Waals surface area contributed by atoms with Crippen molar-refractivity contribution < 1.29 is 9.53 Å². The number of ether oxygens (including phenoxy) is 1. The van der Waals surface area contributed by atoms with Gasteiger partial charge in [0.25, 0.3) is 0 Å². The summed E-state index contributed by atoms with van der Waals surface area (Å²) in [6, 6.07) is 0. The van der Waals surface area contributed by atoms with Gasteiger partial charge in [0.05, 0.1) is 6.54 Å². The van der Waals surface area contributed by atoms with Gasteiger partial charge >= 0.3 is 5.69 Å². The highest BCUT2D eigenvalue weighted by atomic mass is 16.5. The predicted octanol–water partition coefficient (Wildman–Crippen LogP) is -0.399. The number of hydrogen-bond acceptors (Lipinski definition) is 6. The molecule has 0 bridgehead atoms. The van der Waals surface area contributed by atoms with Gasteiger partial charge in [-0.25, -0.2) is 19.6 Å². The summed E-state index contributed by atoms with van der Waals surface area (Å²) < 4.78 is 7.36. The Bertz CT molecular complexity index is 792. The summed E-state index contributed by atoms with van der Waals surface area (Å²) in [4.78, 5) is 32.6. The third kappa shape index (κ3) is 3.69. The van der Waals surface area contributed by atoms with Crippen molar-refractivity contribution in [2.45, 2.75) is 44.6 Å². The molecule has 10 nitrogen and oxygen atoms in total. The van der Waals surface area contributed by atoms with Crippen LogP contribution in [0, 0.1) is 0 Å². The number of aromatic amines is 2. The van der Waals surface area contributed by atoms with Gasteiger partial charge in [-0.15, -0.1) is 0 Å². The van der Waals surface area contributed by atoms with Crippen LogP contribution in [0.15, 0.2) is 4.79 Å². The van der Waals surface area contributed by atoms with Crippen LogP contribution in [0.3, 0.4) is 0 Å². The molecule has 2 N–H and O–H groups in total. The third-order valence-electron chi connectivity index (χ3n) is 5.02. The molecule has 4 rings (SSSR count). The van der Waals surface area contributed by atoms with Crippen LogP contribution in [0.25, 0.3) is 0 Å². The number of rotatable bonds is 4. The van der Waals surface area contributed by atoms with Gasteiger partial charge in [-0.2, -0.15) is 10.2 Å². The first-order chi connectivity index (χ1) is 12.7. The van der Waals surface area contributed by atoms with Crippen molar-refractivity contribution in [2.24, 2.45) is 0 Å². The van der Waals surface area contributed by atoms with E-state index < -0.39 is 0 Å². The highest BCUT2D eigenvalue weighted by Crippen LogP contribution is 2.25. The minimum atomic E-state index is -0.348. The van der Waals surface area contributed by atoms with E-state index >= 15 is 0 Å². The quantitative estimate of drug-likeness (QED) is 0.764. The fourth-order valence-corrected chi connectivity index (χ4v) is 3.51. The van der Waals surface area contributed by atoms with Crippen LogP contribution in [-0.4, -0.2) is 67.1 Å². The van der Waals surface area contributed by atoms with Crippen LogP contribution in [0.4, 0.5) is 0 Å². The molecule has 0 aliphatic carbocycles. The number of aryl methyl sites for hydroxylation is 1. The number of nitrogens with one attached hydrogen (secondary N) is 2. The molecular formula is C16H23N7O3. The van der Waals surface area contributed by atoms with Gasteiger partial charge in [0.15, 0.2) is 5.82 Å². The maximum absolute atomic E-state index is 12.5. The Morgan fingerprint density at radius 3 is 2.85 bits per heavy atom. The lowest BCUT2D eigenvalue weighted by Gasteiger charge is -2.20. The molecule has 2 aliphatic rings. The Balaban J connectivity index is 1.33. The van der Waals surface area contributed by atoms with Crippen LogP contribution in [0.2, 0.25) is 0 Å². The van der Waals surface area contributed by atoms with Gasteiger partial charge in [0.2, 0.25) is 5.91 Å². The van der Waals surface area contributed by atoms with E-state index in [1.165, 1.54) is 0 Å². The monoisotopic (exact) mass is 361 g/mol. The number of amides is 1. The summed E-state index contributed by atoms with van der Waals surface area (Å²) in [6.45, 7) is 3.48. The molecule has 26 heavy (non-hydrogen) atoms. The summed E-state index contributed by atoms with van der Waals surface area (Å²) in [5, 5.41) is 10.8. The van der Waals surface area contributed by atoms with Crippen molar-refractivity contribution in [3.8, 4) is 0 Å². The topological polar surface area (TPSA) is 122 Å². The Kier molecular flexibility index (Phi) is 4.83. The molecular weight excluding hydrogens is 338 g/mol. The van der Waals surface area contributed by atoms with E-state index in [1.807, 2.05) is 9.58 Å². The molecule has 0 radical (unpaired) electrons. The molecule has 0 atom stereocenters. The number of fused-ring (bicyclic) bond motifs is 1. The summed E-state index contributed by atoms with van der Waals surface area (Å²) in [5.41, 5.74) is -0.348. The largest absolute Gasteiger partial charge is 0.381 e. The zero-order valence-corrected chi connectivity index (χ0v) is 14.6. The second-order valence-corrected chi connectivity index (χ2v) is 6.75. The Morgan fingerprint density at radius 1 is 1.23 bits per heavy atom. The number of carbonyl (C=O) groups is 1. The fraction of sp³-hybridized carbons (Fsp3) is 0.688. The lowest BCUT2D eigenvalue weighted by atomic mass is 10.00. The standard InChI is InChI=1S/C16H23N7O3/c24-14(2-1-12-17-16(25)20-19-12)22-6-3-13-18-15(21-23(13)8-7-22)11-4-9-26-10-5-11/h11H,1-10H2,(H2,17,19,20,25). The highest BCUT2D eigenvalue weighted by Gasteiger charge is 2.25. The predicted molar refractivity (Wildman–Crippen MR) is 90.6 cm³/mol. The van der Waals surface area contributed by atoms with E-state index in [0.717, 1.165) is 37.7 Å². The van der Waals surface area contributed by atoms with Crippen LogP contribution >= 0.6 is 0 Å². The number of carbonyl (C=O) groups excluding carboxylic acids is 1. The van der Waals surface area contributed by atoms with Crippen molar-refractivity contribution >= 4 is 5.91 Å². The lowest BCUT2D eigenvalue weighted by molar-refractivity contribution is -0.131. The molecule has 1 saturated heterocycles. The van der Waals surface area contributed by atoms with Gasteiger partial charge in [-0.3, -0.25) is 9.78 Å². The van der Waals surface area contributed by atoms with Crippen molar-refractivity contribution in [3.05, 3.63) is 28.0 Å². The van der Waals surface area contributed by atoms with E-state index in [4.69, 9.17) is 9.72 Å². The molecule has 0 saturated carbocycles. The lowest BCUT2D eigenvalue weighted by Crippen LogP contribution is -2.34. The molecule has 10 heteroatoms. The first kappa shape index (κ1) is 17.0. The average molecular weight is 361 g/mol. The smallest absolute Gasteiger partial charge is 0.340 e. The van der Waals surface area contributed by atoms with Gasteiger partial charge in [-0.1, -0.05) is 0 Å². The third-order valence-corrected chi connectivity index (χ3v) is 5.02. The van der Waals surface area contributed by atoms with Crippen molar-refractivity contribution in [3.63, 3.8) is 0 Å². The van der Waals surface area contributed by atoms with E-state index in [-0.39, 0.29) is 11.6 Å². The van der Waals surface area contributed by atoms with Crippen LogP contribution in [0.1, 0.15) is 42.7 Å². The van der Waals surface area contributed by atoms with Crippen LogP contribution in [-0.2, 0) is 28.9 Å². The molecule has 1 fully saturated rings. The molecule has 0 unspecified atom stereocenters. The summed E-state index contributed by atoms with van der Waals surface area (Å²) in [5.74, 6) is 2.83. The molecule has 2 aromatic rings. The summed E-state index contributed by atoms with van der Waals surface area (Å²) in [6.07, 6.45) is 3.41. The zero-order chi connectivity index (χ0) is 17.9. The van der Waals surface area contributed by atoms with Crippen LogP contribution < -0.4 is 5.69 Å². The van der Waals surface area contributed by atoms with E-state index in [1.54, 1.807) is 0 Å². The van der Waals surface area contributed by atoms with Crippen molar-refractivity contribution in [1.29, 1.82) is 0 Å². The minimum absolute atomic E-state index is 0.0595. The van der Waals surface area contributed by atoms with Crippen molar-refractivity contribution in [1.82, 2.24) is 34.8 Å². The molecule has 4 heterocycles. The Hall–Kier alpha value is -2.49. The second kappa shape index (κ2) is 7.40. The Morgan fingerprint density at radius 2 is 2.08 bits per heavy atom. The number of nitrogens with zero attached hydrogens (tertiary/aromatic N) is 5.